The predicted molar refractivity (Wildman–Crippen MR) is 59.2 cm³/mol. The first kappa shape index (κ1) is 9.39. The van der Waals surface area contributed by atoms with E-state index in [4.69, 9.17) is 5.73 Å². The van der Waals surface area contributed by atoms with Gasteiger partial charge in [0, 0.05) is 24.9 Å². The second-order valence-electron chi connectivity index (χ2n) is 2.97. The number of hydrogen-bond acceptors (Lipinski definition) is 5. The second kappa shape index (κ2) is 3.91. The van der Waals surface area contributed by atoms with Crippen molar-refractivity contribution in [1.29, 1.82) is 0 Å². The van der Waals surface area contributed by atoms with E-state index in [0.717, 1.165) is 17.1 Å². The first-order valence-corrected chi connectivity index (χ1v) is 4.52. The Morgan fingerprint density at radius 2 is 2.13 bits per heavy atom. The average molecular weight is 201 g/mol. The minimum atomic E-state index is 0.471. The molecule has 76 valence electrons. The van der Waals surface area contributed by atoms with Crippen LogP contribution in [0.5, 0.6) is 0 Å². The Bertz CT molecular complexity index is 469. The van der Waals surface area contributed by atoms with Gasteiger partial charge < -0.3 is 11.1 Å². The van der Waals surface area contributed by atoms with Crippen LogP contribution in [-0.2, 0) is 0 Å². The van der Waals surface area contributed by atoms with Gasteiger partial charge in [-0.3, -0.25) is 0 Å². The number of hydrogen-bond donors (Lipinski definition) is 2. The Morgan fingerprint density at radius 1 is 1.27 bits per heavy atom. The number of nitrogens with two attached hydrogens (primary N) is 1. The van der Waals surface area contributed by atoms with Gasteiger partial charge in [-0.05, 0) is 12.1 Å². The molecule has 0 aromatic carbocycles. The number of nitrogens with one attached hydrogen (secondary N) is 1. The van der Waals surface area contributed by atoms with Crippen LogP contribution in [0.3, 0.4) is 0 Å². The maximum Gasteiger partial charge on any atom is 0.132 e. The fraction of sp³-hybridized carbons (Fsp3) is 0.100. The van der Waals surface area contributed by atoms with E-state index in [2.05, 4.69) is 20.3 Å². The summed E-state index contributed by atoms with van der Waals surface area (Å²) in [7, 11) is 1.80. The first-order chi connectivity index (χ1) is 7.31. The molecule has 0 fully saturated rings. The van der Waals surface area contributed by atoms with Crippen molar-refractivity contribution in [2.24, 2.45) is 0 Å². The molecular formula is C10H11N5. The molecule has 0 aliphatic carbocycles. The topological polar surface area (TPSA) is 76.7 Å². The third-order valence-corrected chi connectivity index (χ3v) is 2.04. The number of nitrogens with zero attached hydrogens (tertiary/aromatic N) is 3. The number of anilines is 2. The lowest BCUT2D eigenvalue weighted by Gasteiger charge is -2.04. The maximum atomic E-state index is 5.75. The van der Waals surface area contributed by atoms with Gasteiger partial charge in [0.1, 0.15) is 18.0 Å². The van der Waals surface area contributed by atoms with Gasteiger partial charge >= 0.3 is 0 Å². The van der Waals surface area contributed by atoms with Gasteiger partial charge in [0.2, 0.25) is 0 Å². The largest absolute Gasteiger partial charge is 0.383 e. The molecule has 0 aliphatic heterocycles. The number of nitrogen functional groups attached to an aromatic ring is 1. The molecule has 0 unspecified atom stereocenters. The minimum absolute atomic E-state index is 0.471. The van der Waals surface area contributed by atoms with Crippen molar-refractivity contribution in [2.45, 2.75) is 0 Å². The molecule has 0 saturated heterocycles. The van der Waals surface area contributed by atoms with E-state index in [-0.39, 0.29) is 0 Å². The van der Waals surface area contributed by atoms with E-state index in [1.807, 2.05) is 18.2 Å². The first-order valence-electron chi connectivity index (χ1n) is 4.52. The Labute approximate surface area is 87.4 Å². The summed E-state index contributed by atoms with van der Waals surface area (Å²) in [5, 5.41) is 2.94. The molecule has 0 saturated carbocycles. The van der Waals surface area contributed by atoms with Gasteiger partial charge in [-0.15, -0.1) is 0 Å². The lowest BCUT2D eigenvalue weighted by molar-refractivity contribution is 1.16. The Balaban J connectivity index is 2.49. The average Bonchev–Trinajstić information content (AvgIpc) is 2.30. The maximum absolute atomic E-state index is 5.75. The van der Waals surface area contributed by atoms with Crippen LogP contribution in [0, 0.1) is 0 Å². The highest BCUT2D eigenvalue weighted by Gasteiger charge is 2.04. The summed E-state index contributed by atoms with van der Waals surface area (Å²) in [4.78, 5) is 12.2. The molecule has 2 aromatic rings. The Hall–Kier alpha value is -2.17. The van der Waals surface area contributed by atoms with Crippen LogP contribution in [0.2, 0.25) is 0 Å². The second-order valence-corrected chi connectivity index (χ2v) is 2.97. The fourth-order valence-electron chi connectivity index (χ4n) is 1.28. The molecule has 0 radical (unpaired) electrons. The molecule has 0 atom stereocenters. The van der Waals surface area contributed by atoms with Gasteiger partial charge in [0.05, 0.1) is 5.69 Å². The normalized spacial score (nSPS) is 9.93. The fourth-order valence-corrected chi connectivity index (χ4v) is 1.28. The van der Waals surface area contributed by atoms with Crippen LogP contribution in [0.25, 0.3) is 11.3 Å². The standard InChI is InChI=1S/C10H11N5/c1-12-9-5-8(14-6-15-9)7-3-2-4-13-10(7)11/h2-6H,1H3,(H2,11,13)(H,12,14,15). The molecule has 3 N–H and O–H groups in total. The highest BCUT2D eigenvalue weighted by Crippen LogP contribution is 2.22. The zero-order valence-electron chi connectivity index (χ0n) is 8.31. The molecule has 15 heavy (non-hydrogen) atoms. The van der Waals surface area contributed by atoms with Gasteiger partial charge in [-0.25, -0.2) is 15.0 Å². The van der Waals surface area contributed by atoms with Crippen LogP contribution >= 0.6 is 0 Å². The molecule has 0 bridgehead atoms. The van der Waals surface area contributed by atoms with E-state index in [1.54, 1.807) is 13.2 Å². The summed E-state index contributed by atoms with van der Waals surface area (Å²) < 4.78 is 0. The zero-order valence-corrected chi connectivity index (χ0v) is 8.31. The van der Waals surface area contributed by atoms with Crippen LogP contribution in [-0.4, -0.2) is 22.0 Å². The van der Waals surface area contributed by atoms with Crippen molar-refractivity contribution in [1.82, 2.24) is 15.0 Å². The predicted octanol–water partition coefficient (Wildman–Crippen LogP) is 1.16. The molecule has 5 nitrogen and oxygen atoms in total. The summed E-state index contributed by atoms with van der Waals surface area (Å²) in [6, 6.07) is 5.53. The molecule has 0 aliphatic rings. The Morgan fingerprint density at radius 3 is 2.87 bits per heavy atom. The van der Waals surface area contributed by atoms with Crippen molar-refractivity contribution in [3.05, 3.63) is 30.7 Å². The number of aromatic nitrogens is 3. The van der Waals surface area contributed by atoms with Crippen LogP contribution in [0.15, 0.2) is 30.7 Å². The smallest absolute Gasteiger partial charge is 0.132 e. The SMILES string of the molecule is CNc1cc(-c2cccnc2N)ncn1. The summed E-state index contributed by atoms with van der Waals surface area (Å²) in [6.07, 6.45) is 3.15. The molecule has 5 heteroatoms. The lowest BCUT2D eigenvalue weighted by atomic mass is 10.2. The highest BCUT2D eigenvalue weighted by atomic mass is 15.0. The summed E-state index contributed by atoms with van der Waals surface area (Å²) in [5.41, 5.74) is 7.33. The molecular weight excluding hydrogens is 190 g/mol. The van der Waals surface area contributed by atoms with Gasteiger partial charge in [0.25, 0.3) is 0 Å². The third kappa shape index (κ3) is 1.85. The van der Waals surface area contributed by atoms with Crippen molar-refractivity contribution in [3.8, 4) is 11.3 Å². The Kier molecular flexibility index (Phi) is 2.45. The lowest BCUT2D eigenvalue weighted by Crippen LogP contribution is -1.97. The number of pyridine rings is 1. The zero-order chi connectivity index (χ0) is 10.7. The summed E-state index contributed by atoms with van der Waals surface area (Å²) in [5.74, 6) is 1.22. The van der Waals surface area contributed by atoms with Gasteiger partial charge in [0.15, 0.2) is 0 Å². The van der Waals surface area contributed by atoms with E-state index in [9.17, 15) is 0 Å². The van der Waals surface area contributed by atoms with Gasteiger partial charge in [-0.2, -0.15) is 0 Å². The summed E-state index contributed by atoms with van der Waals surface area (Å²) in [6.45, 7) is 0. The molecule has 0 spiro atoms. The molecule has 2 aromatic heterocycles. The van der Waals surface area contributed by atoms with E-state index < -0.39 is 0 Å². The van der Waals surface area contributed by atoms with Crippen LogP contribution in [0.4, 0.5) is 11.6 Å². The van der Waals surface area contributed by atoms with Crippen molar-refractivity contribution in [2.75, 3.05) is 18.1 Å². The van der Waals surface area contributed by atoms with Crippen LogP contribution in [0.1, 0.15) is 0 Å². The van der Waals surface area contributed by atoms with E-state index in [0.29, 0.717) is 5.82 Å². The number of rotatable bonds is 2. The highest BCUT2D eigenvalue weighted by molar-refractivity contribution is 5.71. The van der Waals surface area contributed by atoms with Gasteiger partial charge in [-0.1, -0.05) is 0 Å². The molecule has 2 rings (SSSR count). The van der Waals surface area contributed by atoms with Crippen LogP contribution < -0.4 is 11.1 Å². The molecule has 2 heterocycles. The van der Waals surface area contributed by atoms with E-state index in [1.165, 1.54) is 6.33 Å². The van der Waals surface area contributed by atoms with Crippen molar-refractivity contribution < 1.29 is 0 Å². The quantitative estimate of drug-likeness (QED) is 0.762. The monoisotopic (exact) mass is 201 g/mol. The molecule has 0 amide bonds. The minimum Gasteiger partial charge on any atom is -0.383 e. The van der Waals surface area contributed by atoms with E-state index >= 15 is 0 Å². The summed E-state index contributed by atoms with van der Waals surface area (Å²) >= 11 is 0. The van der Waals surface area contributed by atoms with Crippen molar-refractivity contribution >= 4 is 11.6 Å². The van der Waals surface area contributed by atoms with Crippen molar-refractivity contribution in [3.63, 3.8) is 0 Å². The third-order valence-electron chi connectivity index (χ3n) is 2.04.